The highest BCUT2D eigenvalue weighted by Crippen LogP contribution is 2.16. The van der Waals surface area contributed by atoms with Gasteiger partial charge in [-0.25, -0.2) is 0 Å². The zero-order valence-corrected chi connectivity index (χ0v) is 36.4. The van der Waals surface area contributed by atoms with E-state index in [1.807, 2.05) is 0 Å². The van der Waals surface area contributed by atoms with E-state index in [1.165, 1.54) is 148 Å². The van der Waals surface area contributed by atoms with Gasteiger partial charge in [0, 0.05) is 0 Å². The standard InChI is InChI=1S/C49H93NO5/c1-3-5-7-9-11-13-15-16-17-18-19-20-21-22-23-24-25-26-27-28-29-30-31-33-34-36-38-40-42-46(52)48(54)45(44-51)50-49(55)47(53)43-41-39-37-35-32-14-12-10-8-6-4-2/h12,14,29-30,34,36,45-48,51-54H,3-11,13,15-28,31-33,35,37-44H2,1-2H3,(H,50,55)/b14-12-,30-29+,36-34+. The van der Waals surface area contributed by atoms with E-state index in [1.54, 1.807) is 0 Å². The van der Waals surface area contributed by atoms with Crippen molar-refractivity contribution >= 4 is 5.91 Å². The van der Waals surface area contributed by atoms with Gasteiger partial charge in [0.15, 0.2) is 0 Å². The molecule has 0 bridgehead atoms. The number of unbranched alkanes of at least 4 members (excludes halogenated alkanes) is 28. The molecule has 5 N–H and O–H groups in total. The smallest absolute Gasteiger partial charge is 0.249 e. The SMILES string of the molecule is CCCCC/C=C\CCCCCCC(O)C(=O)NC(CO)C(O)C(O)CCC/C=C/CC/C=C/CCCCCCCCCCCCCCCCCCCCC. The molecule has 0 fully saturated rings. The molecule has 0 aliphatic heterocycles. The summed E-state index contributed by atoms with van der Waals surface area (Å²) in [5, 5.41) is 43.6. The normalized spacial score (nSPS) is 14.4. The average Bonchev–Trinajstić information content (AvgIpc) is 3.19. The first-order valence-corrected chi connectivity index (χ1v) is 23.9. The number of rotatable bonds is 43. The third-order valence-corrected chi connectivity index (χ3v) is 11.1. The van der Waals surface area contributed by atoms with Crippen LogP contribution < -0.4 is 5.32 Å². The molecule has 0 aliphatic rings. The number of nitrogens with one attached hydrogen (secondary N) is 1. The maximum Gasteiger partial charge on any atom is 0.249 e. The fourth-order valence-electron chi connectivity index (χ4n) is 7.24. The Hall–Kier alpha value is -1.47. The largest absolute Gasteiger partial charge is 0.394 e. The van der Waals surface area contributed by atoms with E-state index < -0.39 is 36.9 Å². The Balaban J connectivity index is 3.69. The number of aliphatic hydroxyl groups is 4. The van der Waals surface area contributed by atoms with E-state index in [-0.39, 0.29) is 0 Å². The van der Waals surface area contributed by atoms with Crippen molar-refractivity contribution < 1.29 is 25.2 Å². The van der Waals surface area contributed by atoms with Gasteiger partial charge in [-0.15, -0.1) is 0 Å². The Bertz CT molecular complexity index is 873. The molecule has 0 aromatic carbocycles. The topological polar surface area (TPSA) is 110 Å². The lowest BCUT2D eigenvalue weighted by Gasteiger charge is -2.27. The van der Waals surface area contributed by atoms with Crippen LogP contribution in [0.4, 0.5) is 0 Å². The molecule has 0 radical (unpaired) electrons. The summed E-state index contributed by atoms with van der Waals surface area (Å²) in [4.78, 5) is 12.5. The molecule has 55 heavy (non-hydrogen) atoms. The number of carbonyl (C=O) groups excluding carboxylic acids is 1. The van der Waals surface area contributed by atoms with E-state index in [9.17, 15) is 25.2 Å². The van der Waals surface area contributed by atoms with E-state index in [0.717, 1.165) is 57.8 Å². The lowest BCUT2D eigenvalue weighted by atomic mass is 10.00. The Labute approximate surface area is 341 Å². The van der Waals surface area contributed by atoms with Crippen LogP contribution >= 0.6 is 0 Å². The molecule has 6 nitrogen and oxygen atoms in total. The van der Waals surface area contributed by atoms with Gasteiger partial charge in [-0.1, -0.05) is 198 Å². The molecule has 6 heteroatoms. The Kier molecular flexibility index (Phi) is 42.5. The summed E-state index contributed by atoms with van der Waals surface area (Å²) in [7, 11) is 0. The number of amides is 1. The van der Waals surface area contributed by atoms with Crippen LogP contribution in [0.2, 0.25) is 0 Å². The zero-order chi connectivity index (χ0) is 40.3. The van der Waals surface area contributed by atoms with Gasteiger partial charge in [0.2, 0.25) is 5.91 Å². The maximum atomic E-state index is 12.5. The van der Waals surface area contributed by atoms with Crippen molar-refractivity contribution in [2.24, 2.45) is 0 Å². The second-order valence-corrected chi connectivity index (χ2v) is 16.4. The first kappa shape index (κ1) is 53.5. The highest BCUT2D eigenvalue weighted by atomic mass is 16.3. The van der Waals surface area contributed by atoms with E-state index in [2.05, 4.69) is 55.6 Å². The summed E-state index contributed by atoms with van der Waals surface area (Å²) in [5.74, 6) is -0.608. The van der Waals surface area contributed by atoms with Crippen LogP contribution in [0.5, 0.6) is 0 Å². The molecule has 1 amide bonds. The number of carbonyl (C=O) groups is 1. The molecule has 0 saturated heterocycles. The number of hydrogen-bond donors (Lipinski definition) is 5. The quantitative estimate of drug-likeness (QED) is 0.0313. The fraction of sp³-hybridized carbons (Fsp3) is 0.857. The lowest BCUT2D eigenvalue weighted by Crippen LogP contribution is -2.53. The summed E-state index contributed by atoms with van der Waals surface area (Å²) in [6.07, 6.45) is 52.1. The molecule has 0 spiro atoms. The summed E-state index contributed by atoms with van der Waals surface area (Å²) in [6.45, 7) is 4.00. The van der Waals surface area contributed by atoms with Gasteiger partial charge in [0.1, 0.15) is 12.2 Å². The van der Waals surface area contributed by atoms with Crippen LogP contribution in [0.1, 0.15) is 239 Å². The Morgan fingerprint density at radius 1 is 0.436 bits per heavy atom. The molecule has 0 heterocycles. The van der Waals surface area contributed by atoms with E-state index in [4.69, 9.17) is 0 Å². The molecule has 0 aromatic rings. The van der Waals surface area contributed by atoms with Crippen LogP contribution in [0.3, 0.4) is 0 Å². The predicted octanol–water partition coefficient (Wildman–Crippen LogP) is 12.9. The molecule has 0 rings (SSSR count). The van der Waals surface area contributed by atoms with Gasteiger partial charge < -0.3 is 25.7 Å². The molecule has 0 aliphatic carbocycles. The van der Waals surface area contributed by atoms with Crippen molar-refractivity contribution in [3.63, 3.8) is 0 Å². The molecule has 4 unspecified atom stereocenters. The fourth-order valence-corrected chi connectivity index (χ4v) is 7.24. The summed E-state index contributed by atoms with van der Waals surface area (Å²) < 4.78 is 0. The first-order chi connectivity index (χ1) is 27.0. The minimum Gasteiger partial charge on any atom is -0.394 e. The van der Waals surface area contributed by atoms with Crippen LogP contribution in [-0.4, -0.2) is 57.3 Å². The Morgan fingerprint density at radius 3 is 1.18 bits per heavy atom. The highest BCUT2D eigenvalue weighted by molar-refractivity contribution is 5.80. The average molecular weight is 776 g/mol. The third-order valence-electron chi connectivity index (χ3n) is 11.1. The molecule has 4 atom stereocenters. The number of aliphatic hydroxyl groups excluding tert-OH is 4. The van der Waals surface area contributed by atoms with Crippen molar-refractivity contribution in [1.29, 1.82) is 0 Å². The molecular weight excluding hydrogens is 683 g/mol. The molecule has 0 aromatic heterocycles. The highest BCUT2D eigenvalue weighted by Gasteiger charge is 2.28. The first-order valence-electron chi connectivity index (χ1n) is 23.9. The van der Waals surface area contributed by atoms with Gasteiger partial charge in [0.05, 0.1) is 18.8 Å². The van der Waals surface area contributed by atoms with Gasteiger partial charge in [-0.2, -0.15) is 0 Å². The van der Waals surface area contributed by atoms with Crippen LogP contribution in [0.25, 0.3) is 0 Å². The van der Waals surface area contributed by atoms with Crippen molar-refractivity contribution in [3.8, 4) is 0 Å². The molecular formula is C49H93NO5. The predicted molar refractivity (Wildman–Crippen MR) is 237 cm³/mol. The number of allylic oxidation sites excluding steroid dienone is 6. The van der Waals surface area contributed by atoms with Gasteiger partial charge in [-0.3, -0.25) is 4.79 Å². The van der Waals surface area contributed by atoms with E-state index >= 15 is 0 Å². The summed E-state index contributed by atoms with van der Waals surface area (Å²) in [5.41, 5.74) is 0. The van der Waals surface area contributed by atoms with Gasteiger partial charge >= 0.3 is 0 Å². The van der Waals surface area contributed by atoms with Gasteiger partial charge in [0.25, 0.3) is 0 Å². The zero-order valence-electron chi connectivity index (χ0n) is 36.4. The van der Waals surface area contributed by atoms with Crippen LogP contribution in [0.15, 0.2) is 36.5 Å². The van der Waals surface area contributed by atoms with Crippen LogP contribution in [0, 0.1) is 0 Å². The van der Waals surface area contributed by atoms with Crippen LogP contribution in [-0.2, 0) is 4.79 Å². The third kappa shape index (κ3) is 37.8. The maximum absolute atomic E-state index is 12.5. The number of hydrogen-bond acceptors (Lipinski definition) is 5. The van der Waals surface area contributed by atoms with Crippen molar-refractivity contribution in [1.82, 2.24) is 5.32 Å². The van der Waals surface area contributed by atoms with Crippen molar-refractivity contribution in [2.75, 3.05) is 6.61 Å². The Morgan fingerprint density at radius 2 is 0.764 bits per heavy atom. The minimum atomic E-state index is -1.29. The molecule has 324 valence electrons. The lowest BCUT2D eigenvalue weighted by molar-refractivity contribution is -0.132. The monoisotopic (exact) mass is 776 g/mol. The second-order valence-electron chi connectivity index (χ2n) is 16.4. The molecule has 0 saturated carbocycles. The summed E-state index contributed by atoms with van der Waals surface area (Å²) >= 11 is 0. The second kappa shape index (κ2) is 43.6. The van der Waals surface area contributed by atoms with Crippen molar-refractivity contribution in [2.45, 2.75) is 263 Å². The minimum absolute atomic E-state index is 0.344. The van der Waals surface area contributed by atoms with Gasteiger partial charge in [-0.05, 0) is 77.0 Å². The summed E-state index contributed by atoms with van der Waals surface area (Å²) in [6, 6.07) is -1.01. The van der Waals surface area contributed by atoms with E-state index in [0.29, 0.717) is 19.3 Å². The van der Waals surface area contributed by atoms with Crippen molar-refractivity contribution in [3.05, 3.63) is 36.5 Å².